The zero-order chi connectivity index (χ0) is 28.2. The van der Waals surface area contributed by atoms with Gasteiger partial charge in [0.05, 0.1) is 34.6 Å². The monoisotopic (exact) mass is 542 g/mol. The van der Waals surface area contributed by atoms with Crippen LogP contribution in [0.25, 0.3) is 39.1 Å². The van der Waals surface area contributed by atoms with E-state index in [-0.39, 0.29) is 23.7 Å². The third kappa shape index (κ3) is 4.65. The van der Waals surface area contributed by atoms with Crippen LogP contribution < -0.4 is 10.6 Å². The second-order valence-electron chi connectivity index (χ2n) is 10.9. The summed E-state index contributed by atoms with van der Waals surface area (Å²) in [6.45, 7) is 4.94. The number of fused-ring (bicyclic) bond motifs is 2. The average Bonchev–Trinajstić information content (AvgIpc) is 3.47. The lowest BCUT2D eigenvalue weighted by atomic mass is 10.0. The van der Waals surface area contributed by atoms with Crippen molar-refractivity contribution in [2.75, 3.05) is 18.0 Å². The summed E-state index contributed by atoms with van der Waals surface area (Å²) in [5.41, 5.74) is 7.48. The van der Waals surface area contributed by atoms with Gasteiger partial charge in [-0.05, 0) is 44.9 Å². The number of hydrogen-bond donors (Lipinski definition) is 2. The molecule has 0 aliphatic carbocycles. The predicted octanol–water partition coefficient (Wildman–Crippen LogP) is 4.26. The van der Waals surface area contributed by atoms with Gasteiger partial charge < -0.3 is 15.7 Å². The Morgan fingerprint density at radius 2 is 2.02 bits per heavy atom. The molecule has 0 amide bonds. The Kier molecular flexibility index (Phi) is 6.24. The second-order valence-corrected chi connectivity index (χ2v) is 10.9. The van der Waals surface area contributed by atoms with E-state index in [1.807, 2.05) is 6.07 Å². The van der Waals surface area contributed by atoms with Gasteiger partial charge >= 0.3 is 0 Å². The molecule has 0 spiro atoms. The summed E-state index contributed by atoms with van der Waals surface area (Å²) >= 11 is 0. The maximum Gasteiger partial charge on any atom is 0.181 e. The van der Waals surface area contributed by atoms with Crippen molar-refractivity contribution in [1.29, 1.82) is 5.26 Å². The minimum atomic E-state index is -1.00. The quantitative estimate of drug-likeness (QED) is 0.340. The fourth-order valence-corrected chi connectivity index (χ4v) is 5.36. The molecule has 3 N–H and O–H groups in total. The number of piperidine rings is 1. The molecule has 1 fully saturated rings. The van der Waals surface area contributed by atoms with Crippen LogP contribution in [0, 0.1) is 23.0 Å². The zero-order valence-corrected chi connectivity index (χ0v) is 22.1. The number of anilines is 1. The van der Waals surface area contributed by atoms with E-state index >= 15 is 4.39 Å². The molecule has 3 aromatic heterocycles. The van der Waals surface area contributed by atoms with Gasteiger partial charge in [0.1, 0.15) is 17.7 Å². The summed E-state index contributed by atoms with van der Waals surface area (Å²) in [7, 11) is 0. The highest BCUT2D eigenvalue weighted by molar-refractivity contribution is 5.90. The van der Waals surface area contributed by atoms with Crippen LogP contribution in [0.15, 0.2) is 48.9 Å². The normalized spacial score (nSPS) is 16.1. The summed E-state index contributed by atoms with van der Waals surface area (Å²) in [4.78, 5) is 11.6. The third-order valence-corrected chi connectivity index (χ3v) is 7.09. The molecule has 0 radical (unpaired) electrons. The first-order valence-corrected chi connectivity index (χ1v) is 13.1. The van der Waals surface area contributed by atoms with Crippen LogP contribution in [0.4, 0.5) is 14.6 Å². The first kappa shape index (κ1) is 25.9. The van der Waals surface area contributed by atoms with Crippen molar-refractivity contribution in [1.82, 2.24) is 24.1 Å². The van der Waals surface area contributed by atoms with Crippen LogP contribution in [-0.4, -0.2) is 54.0 Å². The first-order valence-electron chi connectivity index (χ1n) is 13.1. The topological polar surface area (TPSA) is 121 Å². The minimum absolute atomic E-state index is 0.00221. The molecule has 40 heavy (non-hydrogen) atoms. The molecule has 5 aromatic rings. The molecule has 1 aliphatic heterocycles. The van der Waals surface area contributed by atoms with Gasteiger partial charge in [-0.1, -0.05) is 6.07 Å². The first-order chi connectivity index (χ1) is 19.1. The van der Waals surface area contributed by atoms with Crippen molar-refractivity contribution < 1.29 is 13.9 Å². The van der Waals surface area contributed by atoms with E-state index in [1.165, 1.54) is 18.2 Å². The van der Waals surface area contributed by atoms with Crippen LogP contribution in [0.2, 0.25) is 0 Å². The Labute approximate surface area is 229 Å². The standard InChI is InChI=1S/C29H28F2N8O/c1-29(2,40)16-38-14-19-10-21(23(31)12-24(19)36-38)26-25(17-5-6-18(13-32)22(30)11-17)35-28-27(34-7-9-39(26)28)37-8-3-4-20(33)15-37/h5-7,9-12,14,20,40H,3-4,8,15-16,33H2,1-2H3. The minimum Gasteiger partial charge on any atom is -0.389 e. The molecule has 204 valence electrons. The Bertz CT molecular complexity index is 1800. The molecule has 6 rings (SSSR count). The van der Waals surface area contributed by atoms with E-state index < -0.39 is 17.2 Å². The van der Waals surface area contributed by atoms with Crippen molar-refractivity contribution in [2.45, 2.75) is 44.9 Å². The summed E-state index contributed by atoms with van der Waals surface area (Å²) < 4.78 is 34.0. The Morgan fingerprint density at radius 3 is 2.75 bits per heavy atom. The fourth-order valence-electron chi connectivity index (χ4n) is 5.36. The van der Waals surface area contributed by atoms with Crippen molar-refractivity contribution in [3.63, 3.8) is 0 Å². The molecule has 9 nitrogen and oxygen atoms in total. The summed E-state index contributed by atoms with van der Waals surface area (Å²) in [5, 5.41) is 24.6. The van der Waals surface area contributed by atoms with Gasteiger partial charge in [0.25, 0.3) is 0 Å². The Morgan fingerprint density at radius 1 is 1.20 bits per heavy atom. The van der Waals surface area contributed by atoms with Crippen LogP contribution in [0.1, 0.15) is 32.3 Å². The molecule has 1 saturated heterocycles. The SMILES string of the molecule is CC(C)(O)Cn1cc2cc(-c3c(-c4ccc(C#N)c(F)c4)nc4c(N5CCCC(N)C5)nccn34)c(F)cc2n1. The van der Waals surface area contributed by atoms with Crippen molar-refractivity contribution >= 4 is 22.4 Å². The molecule has 1 atom stereocenters. The number of imidazole rings is 1. The number of nitrogens with two attached hydrogens (primary N) is 1. The average molecular weight is 543 g/mol. The van der Waals surface area contributed by atoms with Crippen LogP contribution in [0.3, 0.4) is 0 Å². The van der Waals surface area contributed by atoms with Gasteiger partial charge in [-0.15, -0.1) is 0 Å². The van der Waals surface area contributed by atoms with Crippen LogP contribution in [0.5, 0.6) is 0 Å². The predicted molar refractivity (Wildman–Crippen MR) is 148 cm³/mol. The maximum absolute atomic E-state index is 15.9. The van der Waals surface area contributed by atoms with Crippen LogP contribution in [-0.2, 0) is 6.54 Å². The highest BCUT2D eigenvalue weighted by atomic mass is 19.1. The van der Waals surface area contributed by atoms with E-state index in [0.717, 1.165) is 19.4 Å². The van der Waals surface area contributed by atoms with E-state index in [0.29, 0.717) is 45.9 Å². The molecule has 1 aliphatic rings. The Balaban J connectivity index is 1.59. The van der Waals surface area contributed by atoms with Gasteiger partial charge in [0.2, 0.25) is 0 Å². The number of halogens is 2. The number of rotatable bonds is 5. The largest absolute Gasteiger partial charge is 0.389 e. The zero-order valence-electron chi connectivity index (χ0n) is 22.1. The van der Waals surface area contributed by atoms with Gasteiger partial charge in [-0.2, -0.15) is 10.4 Å². The number of nitriles is 1. The molecule has 0 saturated carbocycles. The Hall–Kier alpha value is -4.40. The number of nitrogens with zero attached hydrogens (tertiary/aromatic N) is 7. The molecule has 0 bridgehead atoms. The van der Waals surface area contributed by atoms with E-state index in [2.05, 4.69) is 15.0 Å². The summed E-state index contributed by atoms with van der Waals surface area (Å²) in [5.74, 6) is -0.609. The lowest BCUT2D eigenvalue weighted by Crippen LogP contribution is -2.43. The summed E-state index contributed by atoms with van der Waals surface area (Å²) in [6.07, 6.45) is 6.92. The van der Waals surface area contributed by atoms with E-state index in [4.69, 9.17) is 10.7 Å². The van der Waals surface area contributed by atoms with E-state index in [1.54, 1.807) is 53.7 Å². The third-order valence-electron chi connectivity index (χ3n) is 7.09. The highest BCUT2D eigenvalue weighted by Gasteiger charge is 2.26. The fraction of sp³-hybridized carbons (Fsp3) is 0.310. The molecular weight excluding hydrogens is 514 g/mol. The number of aromatic nitrogens is 5. The van der Waals surface area contributed by atoms with Crippen molar-refractivity contribution in [3.05, 3.63) is 66.1 Å². The lowest BCUT2D eigenvalue weighted by Gasteiger charge is -2.31. The van der Waals surface area contributed by atoms with Crippen molar-refractivity contribution in [2.24, 2.45) is 5.73 Å². The summed E-state index contributed by atoms with van der Waals surface area (Å²) in [6, 6.07) is 9.10. The molecule has 11 heteroatoms. The highest BCUT2D eigenvalue weighted by Crippen LogP contribution is 2.38. The smallest absolute Gasteiger partial charge is 0.181 e. The second kappa shape index (κ2) is 9.66. The number of benzene rings is 2. The molecule has 2 aromatic carbocycles. The number of aliphatic hydroxyl groups is 1. The molecule has 4 heterocycles. The van der Waals surface area contributed by atoms with Gasteiger partial charge in [-0.3, -0.25) is 9.08 Å². The molecule has 1 unspecified atom stereocenters. The van der Waals surface area contributed by atoms with Crippen LogP contribution >= 0.6 is 0 Å². The van der Waals surface area contributed by atoms with E-state index in [9.17, 15) is 14.8 Å². The maximum atomic E-state index is 15.9. The lowest BCUT2D eigenvalue weighted by molar-refractivity contribution is 0.0580. The van der Waals surface area contributed by atoms with Gasteiger partial charge in [-0.25, -0.2) is 18.7 Å². The molecular formula is C29H28F2N8O. The van der Waals surface area contributed by atoms with Gasteiger partial charge in [0, 0.05) is 60.3 Å². The number of hydrogen-bond acceptors (Lipinski definition) is 7. The van der Waals surface area contributed by atoms with Gasteiger partial charge in [0.15, 0.2) is 11.5 Å². The van der Waals surface area contributed by atoms with Crippen molar-refractivity contribution in [3.8, 4) is 28.6 Å².